The topological polar surface area (TPSA) is 114 Å². The molecule has 0 atom stereocenters. The summed E-state index contributed by atoms with van der Waals surface area (Å²) >= 11 is 13.9. The number of hydrogen-bond donors (Lipinski definition) is 1. The first-order valence-corrected chi connectivity index (χ1v) is 9.45. The lowest BCUT2D eigenvalue weighted by Crippen LogP contribution is -2.12. The second-order valence-electron chi connectivity index (χ2n) is 4.96. The average Bonchev–Trinajstić information content (AvgIpc) is 2.80. The van der Waals surface area contributed by atoms with Crippen LogP contribution in [0.5, 0.6) is 0 Å². The number of carboxylic acids is 1. The Kier molecular flexibility index (Phi) is 17.0. The highest BCUT2D eigenvalue weighted by atomic mass is 35.5. The van der Waals surface area contributed by atoms with E-state index in [0.29, 0.717) is 19.3 Å². The predicted molar refractivity (Wildman–Crippen MR) is 116 cm³/mol. The summed E-state index contributed by atoms with van der Waals surface area (Å²) < 4.78 is 94.5. The van der Waals surface area contributed by atoms with E-state index < -0.39 is 63.5 Å². The van der Waals surface area contributed by atoms with Crippen LogP contribution >= 0.6 is 34.8 Å². The van der Waals surface area contributed by atoms with Gasteiger partial charge in [0, 0.05) is 31.7 Å². The van der Waals surface area contributed by atoms with Gasteiger partial charge in [-0.1, -0.05) is 13.8 Å². The predicted octanol–water partition coefficient (Wildman–Crippen LogP) is 6.41. The van der Waals surface area contributed by atoms with E-state index in [4.69, 9.17) is 19.4 Å². The maximum Gasteiger partial charge on any atom is 0.418 e. The van der Waals surface area contributed by atoms with Crippen LogP contribution in [0.15, 0.2) is 36.9 Å². The van der Waals surface area contributed by atoms with Gasteiger partial charge in [0.1, 0.15) is 0 Å². The summed E-state index contributed by atoms with van der Waals surface area (Å²) in [6, 6.07) is 1.74. The minimum atomic E-state index is -4.68. The molecule has 0 saturated heterocycles. The van der Waals surface area contributed by atoms with Crippen LogP contribution in [-0.4, -0.2) is 43.9 Å². The molecule has 0 aliphatic heterocycles. The lowest BCUT2D eigenvalue weighted by Gasteiger charge is -2.08. The van der Waals surface area contributed by atoms with E-state index in [1.54, 1.807) is 6.92 Å². The molecule has 0 fully saturated rings. The van der Waals surface area contributed by atoms with Crippen molar-refractivity contribution in [2.45, 2.75) is 26.2 Å². The standard InChI is InChI=1S/C7H3ClF3NO.C7H4F3NO2.C2Cl2O2.C2H6.CH3F/c8-6(13)4-1-2-12-3-5(4)7(9,10)11;8-7(9,10)5-3-11-2-1-4(5)6(12)13;3-1(5)2(4)6;2*1-2/h1-3H;1-3H,(H,12,13);;1-2H3;1H3/i;;;2*1D. The molecule has 0 saturated carbocycles. The molecule has 0 unspecified atom stereocenters. The van der Waals surface area contributed by atoms with E-state index in [0.717, 1.165) is 24.5 Å². The van der Waals surface area contributed by atoms with Gasteiger partial charge in [0.2, 0.25) is 0 Å². The number of hydrogen-bond acceptors (Lipinski definition) is 6. The lowest BCUT2D eigenvalue weighted by atomic mass is 10.1. The summed E-state index contributed by atoms with van der Waals surface area (Å²) in [6.07, 6.45) is -6.15. The Morgan fingerprint density at radius 1 is 0.833 bits per heavy atom. The molecular formula is C19H16Cl3F7N2O5. The van der Waals surface area contributed by atoms with Gasteiger partial charge in [-0.2, -0.15) is 26.3 Å². The number of aromatic nitrogens is 2. The molecule has 0 bridgehead atoms. The van der Waals surface area contributed by atoms with Gasteiger partial charge < -0.3 is 5.11 Å². The molecule has 0 amide bonds. The number of nitrogens with zero attached hydrogens (tertiary/aromatic N) is 2. The third-order valence-corrected chi connectivity index (χ3v) is 3.49. The highest BCUT2D eigenvalue weighted by molar-refractivity contribution is 6.97. The minimum absolute atomic E-state index is 0.490. The summed E-state index contributed by atoms with van der Waals surface area (Å²) in [5.41, 5.74) is -3.72. The molecule has 0 radical (unpaired) electrons. The molecular weight excluding hydrogens is 576 g/mol. The Morgan fingerprint density at radius 2 is 1.14 bits per heavy atom. The van der Waals surface area contributed by atoms with Crippen LogP contribution in [0, 0.1) is 0 Å². The second-order valence-corrected chi connectivity index (χ2v) is 5.99. The van der Waals surface area contributed by atoms with Crippen LogP contribution in [0.3, 0.4) is 0 Å². The Bertz CT molecular complexity index is 965. The van der Waals surface area contributed by atoms with Crippen LogP contribution in [0.4, 0.5) is 30.7 Å². The van der Waals surface area contributed by atoms with Gasteiger partial charge in [-0.05, 0) is 46.9 Å². The largest absolute Gasteiger partial charge is 0.478 e. The summed E-state index contributed by atoms with van der Waals surface area (Å²) in [6.45, 7) is 2.29. The van der Waals surface area contributed by atoms with Crippen molar-refractivity contribution in [1.29, 1.82) is 0 Å². The van der Waals surface area contributed by atoms with Crippen molar-refractivity contribution in [3.05, 3.63) is 59.2 Å². The number of carbonyl (C=O) groups is 4. The van der Waals surface area contributed by atoms with Crippen molar-refractivity contribution < 1.29 is 57.8 Å². The van der Waals surface area contributed by atoms with Crippen LogP contribution in [0.25, 0.3) is 0 Å². The van der Waals surface area contributed by atoms with Gasteiger partial charge in [0.25, 0.3) is 5.24 Å². The van der Waals surface area contributed by atoms with E-state index in [9.17, 15) is 49.9 Å². The van der Waals surface area contributed by atoms with Crippen molar-refractivity contribution in [3.63, 3.8) is 0 Å². The second kappa shape index (κ2) is 18.4. The summed E-state index contributed by atoms with van der Waals surface area (Å²) in [4.78, 5) is 46.2. The van der Waals surface area contributed by atoms with Crippen molar-refractivity contribution in [2.75, 3.05) is 7.15 Å². The Balaban J connectivity index is -0.000000459. The molecule has 7 nitrogen and oxygen atoms in total. The van der Waals surface area contributed by atoms with Gasteiger partial charge in [-0.3, -0.25) is 28.7 Å². The molecule has 2 aromatic heterocycles. The van der Waals surface area contributed by atoms with Gasteiger partial charge in [0.05, 0.1) is 25.2 Å². The Morgan fingerprint density at radius 3 is 1.33 bits per heavy atom. The van der Waals surface area contributed by atoms with Gasteiger partial charge in [-0.25, -0.2) is 4.79 Å². The Hall–Kier alpha value is -2.84. The van der Waals surface area contributed by atoms with Crippen molar-refractivity contribution >= 4 is 56.5 Å². The molecule has 0 aliphatic rings. The average molecular weight is 594 g/mol. The highest BCUT2D eigenvalue weighted by Crippen LogP contribution is 2.32. The number of halogens is 10. The maximum atomic E-state index is 12.2. The van der Waals surface area contributed by atoms with Crippen molar-refractivity contribution in [1.82, 2.24) is 9.97 Å². The number of carbonyl (C=O) groups excluding carboxylic acids is 3. The number of alkyl halides is 7. The zero-order chi connectivity index (χ0) is 30.7. The van der Waals surface area contributed by atoms with Gasteiger partial charge >= 0.3 is 28.8 Å². The number of rotatable bonds is 3. The normalized spacial score (nSPS) is 10.5. The van der Waals surface area contributed by atoms with E-state index in [-0.39, 0.29) is 0 Å². The van der Waals surface area contributed by atoms with Gasteiger partial charge in [0.15, 0.2) is 0 Å². The number of carboxylic acid groups (broad SMARTS) is 1. The SMILES string of the molecule is O=C(Cl)C(=O)Cl.O=C(Cl)c1ccncc1C(F)(F)F.O=C(O)c1ccncc1C(F)(F)F.[2H]CC.[2H]CF. The fourth-order valence-electron chi connectivity index (χ4n) is 1.60. The third-order valence-electron chi connectivity index (χ3n) is 2.85. The van der Waals surface area contributed by atoms with E-state index in [1.165, 1.54) is 0 Å². The third kappa shape index (κ3) is 15.2. The number of aromatic carboxylic acids is 1. The minimum Gasteiger partial charge on any atom is -0.478 e. The van der Waals surface area contributed by atoms with Crippen LogP contribution in [0.2, 0.25) is 0 Å². The molecule has 0 aromatic carbocycles. The smallest absolute Gasteiger partial charge is 0.418 e. The van der Waals surface area contributed by atoms with E-state index in [1.807, 2.05) is 0 Å². The Labute approximate surface area is 217 Å². The zero-order valence-corrected chi connectivity index (χ0v) is 19.9. The van der Waals surface area contributed by atoms with Crippen LogP contribution < -0.4 is 0 Å². The molecule has 2 aromatic rings. The van der Waals surface area contributed by atoms with Crippen LogP contribution in [-0.2, 0) is 21.9 Å². The molecule has 0 spiro atoms. The zero-order valence-electron chi connectivity index (χ0n) is 19.6. The molecule has 0 aliphatic carbocycles. The van der Waals surface area contributed by atoms with Crippen molar-refractivity contribution in [3.8, 4) is 0 Å². The van der Waals surface area contributed by atoms with E-state index >= 15 is 0 Å². The summed E-state index contributed by atoms with van der Waals surface area (Å²) in [7, 11) is -1.00. The molecule has 2 heterocycles. The van der Waals surface area contributed by atoms with Crippen molar-refractivity contribution in [2.24, 2.45) is 0 Å². The van der Waals surface area contributed by atoms with Crippen LogP contribution in [0.1, 0.15) is 48.4 Å². The van der Waals surface area contributed by atoms with Gasteiger partial charge in [-0.15, -0.1) is 0 Å². The molecule has 2 rings (SSSR count). The first-order valence-electron chi connectivity index (χ1n) is 9.73. The number of pyridine rings is 2. The highest BCUT2D eigenvalue weighted by Gasteiger charge is 2.36. The summed E-state index contributed by atoms with van der Waals surface area (Å²) in [5.74, 6) is -1.62. The fraction of sp³-hybridized carbons (Fsp3) is 0.263. The first kappa shape index (κ1) is 33.2. The molecule has 202 valence electrons. The fourth-order valence-corrected chi connectivity index (χ4v) is 1.76. The monoisotopic (exact) mass is 592 g/mol. The summed E-state index contributed by atoms with van der Waals surface area (Å²) in [5, 5.41) is 4.97. The quantitative estimate of drug-likeness (QED) is 0.249. The maximum absolute atomic E-state index is 12.2. The first-order chi connectivity index (χ1) is 17.3. The molecule has 17 heteroatoms. The lowest BCUT2D eigenvalue weighted by molar-refractivity contribution is -0.139. The molecule has 1 N–H and O–H groups in total. The molecule has 36 heavy (non-hydrogen) atoms. The van der Waals surface area contributed by atoms with E-state index in [2.05, 4.69) is 33.2 Å².